The lowest BCUT2D eigenvalue weighted by Gasteiger charge is -2.29. The van der Waals surface area contributed by atoms with Crippen LogP contribution >= 0.6 is 0 Å². The number of hydrogen-bond donors (Lipinski definition) is 1. The minimum atomic E-state index is -0.929. The third kappa shape index (κ3) is 2.93. The summed E-state index contributed by atoms with van der Waals surface area (Å²) >= 11 is 0. The van der Waals surface area contributed by atoms with Crippen LogP contribution in [0.1, 0.15) is 33.6 Å². The topological polar surface area (TPSA) is 99.2 Å². The summed E-state index contributed by atoms with van der Waals surface area (Å²) < 4.78 is 5.60. The predicted octanol–water partition coefficient (Wildman–Crippen LogP) is 3.57. The molecule has 2 N–H and O–H groups in total. The van der Waals surface area contributed by atoms with E-state index in [1.54, 1.807) is 31.9 Å². The number of aromatic nitrogens is 4. The second-order valence-corrected chi connectivity index (χ2v) is 7.81. The maximum absolute atomic E-state index is 6.38. The lowest BCUT2D eigenvalue weighted by Crippen LogP contribution is -2.27. The lowest BCUT2D eigenvalue weighted by atomic mass is 9.79. The Balaban J connectivity index is 1.82. The molecule has 0 unspecified atom stereocenters. The number of aliphatic imine (C=N–C) groups is 1. The molecule has 7 heteroatoms. The van der Waals surface area contributed by atoms with Gasteiger partial charge in [0.2, 0.25) is 0 Å². The summed E-state index contributed by atoms with van der Waals surface area (Å²) in [5.74, 6) is 1.22. The number of fused-ring (bicyclic) bond motifs is 1. The maximum atomic E-state index is 6.38. The Morgan fingerprint density at radius 3 is 2.31 bits per heavy atom. The second-order valence-electron chi connectivity index (χ2n) is 7.81. The van der Waals surface area contributed by atoms with Crippen molar-refractivity contribution >= 4 is 5.84 Å². The molecule has 0 fully saturated rings. The molecular formula is C25H22N6O. The van der Waals surface area contributed by atoms with Gasteiger partial charge in [-0.1, -0.05) is 18.2 Å². The quantitative estimate of drug-likeness (QED) is 0.540. The molecule has 3 heterocycles. The Morgan fingerprint density at radius 2 is 1.59 bits per heavy atom. The molecule has 0 saturated carbocycles. The summed E-state index contributed by atoms with van der Waals surface area (Å²) in [6.07, 6.45) is 8.42. The van der Waals surface area contributed by atoms with E-state index in [2.05, 4.69) is 33.2 Å². The van der Waals surface area contributed by atoms with Crippen molar-refractivity contribution in [2.45, 2.75) is 19.4 Å². The van der Waals surface area contributed by atoms with E-state index in [9.17, 15) is 0 Å². The molecule has 0 bridgehead atoms. The Bertz CT molecular complexity index is 1330. The highest BCUT2D eigenvalue weighted by Crippen LogP contribution is 2.46. The SMILES string of the molecule is COc1c(C)cc([C@@]2(c3cccc(-c4cncnc4)c3)N=C(N)c3nccnc32)cc1C. The largest absolute Gasteiger partial charge is 0.496 e. The lowest BCUT2D eigenvalue weighted by molar-refractivity contribution is 0.408. The van der Waals surface area contributed by atoms with E-state index in [0.29, 0.717) is 17.2 Å². The van der Waals surface area contributed by atoms with Crippen LogP contribution in [0.3, 0.4) is 0 Å². The van der Waals surface area contributed by atoms with E-state index < -0.39 is 5.54 Å². The summed E-state index contributed by atoms with van der Waals surface area (Å²) in [5, 5.41) is 0. The molecule has 2 aromatic heterocycles. The predicted molar refractivity (Wildman–Crippen MR) is 123 cm³/mol. The van der Waals surface area contributed by atoms with Crippen molar-refractivity contribution in [1.29, 1.82) is 0 Å². The monoisotopic (exact) mass is 422 g/mol. The first kappa shape index (κ1) is 19.8. The molecule has 32 heavy (non-hydrogen) atoms. The van der Waals surface area contributed by atoms with Gasteiger partial charge in [0.15, 0.2) is 5.54 Å². The van der Waals surface area contributed by atoms with Gasteiger partial charge in [0.1, 0.15) is 29.3 Å². The van der Waals surface area contributed by atoms with Gasteiger partial charge < -0.3 is 10.5 Å². The second kappa shape index (κ2) is 7.53. The minimum Gasteiger partial charge on any atom is -0.496 e. The van der Waals surface area contributed by atoms with E-state index >= 15 is 0 Å². The van der Waals surface area contributed by atoms with Gasteiger partial charge in [0.05, 0.1) is 7.11 Å². The van der Waals surface area contributed by atoms with E-state index in [-0.39, 0.29) is 0 Å². The summed E-state index contributed by atoms with van der Waals surface area (Å²) in [5.41, 5.74) is 12.6. The fourth-order valence-electron chi connectivity index (χ4n) is 4.50. The van der Waals surface area contributed by atoms with E-state index in [1.807, 2.05) is 32.0 Å². The summed E-state index contributed by atoms with van der Waals surface area (Å²) in [4.78, 5) is 22.5. The molecule has 0 radical (unpaired) electrons. The van der Waals surface area contributed by atoms with Crippen LogP contribution in [0.25, 0.3) is 11.1 Å². The molecule has 0 saturated heterocycles. The van der Waals surface area contributed by atoms with E-state index in [0.717, 1.165) is 39.1 Å². The molecular weight excluding hydrogens is 400 g/mol. The third-order valence-electron chi connectivity index (χ3n) is 5.83. The van der Waals surface area contributed by atoms with E-state index in [4.69, 9.17) is 20.4 Å². The molecule has 1 aliphatic heterocycles. The minimum absolute atomic E-state index is 0.368. The van der Waals surface area contributed by atoms with Gasteiger partial charge in [0, 0.05) is 30.4 Å². The number of benzene rings is 2. The van der Waals surface area contributed by atoms with Gasteiger partial charge >= 0.3 is 0 Å². The first-order chi connectivity index (χ1) is 15.5. The van der Waals surface area contributed by atoms with Crippen LogP contribution in [-0.2, 0) is 5.54 Å². The van der Waals surface area contributed by atoms with Crippen LogP contribution < -0.4 is 10.5 Å². The number of rotatable bonds is 4. The number of hydrogen-bond acceptors (Lipinski definition) is 7. The highest BCUT2D eigenvalue weighted by atomic mass is 16.5. The normalized spacial score (nSPS) is 17.0. The van der Waals surface area contributed by atoms with Crippen molar-refractivity contribution in [2.75, 3.05) is 7.11 Å². The van der Waals surface area contributed by atoms with Gasteiger partial charge in [0.25, 0.3) is 0 Å². The highest BCUT2D eigenvalue weighted by molar-refractivity contribution is 6.01. The Kier molecular flexibility index (Phi) is 4.66. The van der Waals surface area contributed by atoms with Gasteiger partial charge in [-0.2, -0.15) is 0 Å². The average Bonchev–Trinajstić information content (AvgIpc) is 3.13. The zero-order valence-corrected chi connectivity index (χ0v) is 18.1. The zero-order valence-electron chi connectivity index (χ0n) is 18.1. The number of methoxy groups -OCH3 is 1. The molecule has 0 aliphatic carbocycles. The number of amidine groups is 1. The smallest absolute Gasteiger partial charge is 0.157 e. The molecule has 7 nitrogen and oxygen atoms in total. The van der Waals surface area contributed by atoms with Crippen molar-refractivity contribution in [1.82, 2.24) is 19.9 Å². The standard InChI is InChI=1S/C25H22N6O/c1-15-9-20(10-16(2)22(15)32-3)25(23-21(24(26)31-25)29-7-8-30-23)19-6-4-5-17(11-19)18-12-27-14-28-13-18/h4-14H,1-3H3,(H2,26,31)/t25-/m1/s1. The zero-order chi connectivity index (χ0) is 22.3. The van der Waals surface area contributed by atoms with Gasteiger partial charge in [-0.15, -0.1) is 0 Å². The van der Waals surface area contributed by atoms with Crippen LogP contribution in [0, 0.1) is 13.8 Å². The summed E-state index contributed by atoms with van der Waals surface area (Å²) in [6, 6.07) is 12.3. The number of nitrogens with zero attached hydrogens (tertiary/aromatic N) is 5. The fourth-order valence-corrected chi connectivity index (χ4v) is 4.50. The van der Waals surface area contributed by atoms with Crippen LogP contribution in [0.2, 0.25) is 0 Å². The molecule has 5 rings (SSSR count). The van der Waals surface area contributed by atoms with Gasteiger partial charge in [-0.25, -0.2) is 19.9 Å². The first-order valence-electron chi connectivity index (χ1n) is 10.2. The fraction of sp³-hybridized carbons (Fsp3) is 0.160. The van der Waals surface area contributed by atoms with Gasteiger partial charge in [-0.3, -0.25) is 4.98 Å². The molecule has 2 aromatic carbocycles. The Morgan fingerprint density at radius 1 is 0.875 bits per heavy atom. The number of nitrogens with two attached hydrogens (primary N) is 1. The molecule has 4 aromatic rings. The molecule has 1 atom stereocenters. The van der Waals surface area contributed by atoms with Crippen molar-refractivity contribution in [3.63, 3.8) is 0 Å². The van der Waals surface area contributed by atoms with Crippen LogP contribution in [0.4, 0.5) is 0 Å². The summed E-state index contributed by atoms with van der Waals surface area (Å²) in [6.45, 7) is 4.06. The first-order valence-corrected chi connectivity index (χ1v) is 10.2. The van der Waals surface area contributed by atoms with E-state index in [1.165, 1.54) is 6.33 Å². The summed E-state index contributed by atoms with van der Waals surface area (Å²) in [7, 11) is 1.68. The van der Waals surface area contributed by atoms with Crippen molar-refractivity contribution < 1.29 is 4.74 Å². The van der Waals surface area contributed by atoms with Crippen LogP contribution in [-0.4, -0.2) is 32.9 Å². The van der Waals surface area contributed by atoms with Crippen molar-refractivity contribution in [2.24, 2.45) is 10.7 Å². The molecule has 1 aliphatic rings. The number of ether oxygens (including phenoxy) is 1. The van der Waals surface area contributed by atoms with Crippen LogP contribution in [0.15, 0.2) is 72.5 Å². The van der Waals surface area contributed by atoms with Crippen LogP contribution in [0.5, 0.6) is 5.75 Å². The highest BCUT2D eigenvalue weighted by Gasteiger charge is 2.45. The molecule has 158 valence electrons. The molecule has 0 amide bonds. The average molecular weight is 422 g/mol. The third-order valence-corrected chi connectivity index (χ3v) is 5.83. The Labute approximate surface area is 186 Å². The molecule has 0 spiro atoms. The Hall–Kier alpha value is -4.13. The van der Waals surface area contributed by atoms with Crippen molar-refractivity contribution in [3.8, 4) is 16.9 Å². The number of aryl methyl sites for hydroxylation is 2. The van der Waals surface area contributed by atoms with Gasteiger partial charge in [-0.05, 0) is 59.9 Å². The van der Waals surface area contributed by atoms with Crippen molar-refractivity contribution in [3.05, 3.63) is 101 Å². The maximum Gasteiger partial charge on any atom is 0.157 e.